The number of hydrogen-bond donors (Lipinski definition) is 0. The van der Waals surface area contributed by atoms with E-state index in [1.54, 1.807) is 19.1 Å². The highest BCUT2D eigenvalue weighted by Crippen LogP contribution is 2.33. The van der Waals surface area contributed by atoms with Crippen molar-refractivity contribution in [3.8, 4) is 0 Å². The summed E-state index contributed by atoms with van der Waals surface area (Å²) in [7, 11) is 0. The Kier molecular flexibility index (Phi) is 3.10. The van der Waals surface area contributed by atoms with Crippen molar-refractivity contribution in [2.45, 2.75) is 12.6 Å². The predicted molar refractivity (Wildman–Crippen MR) is 68.1 cm³/mol. The Labute approximate surface area is 103 Å². The van der Waals surface area contributed by atoms with Gasteiger partial charge in [-0.15, -0.1) is 0 Å². The molecular weight excluding hydrogens is 267 g/mol. The van der Waals surface area contributed by atoms with Gasteiger partial charge in [0.1, 0.15) is 0 Å². The van der Waals surface area contributed by atoms with E-state index in [1.165, 1.54) is 0 Å². The van der Waals surface area contributed by atoms with Crippen molar-refractivity contribution in [3.05, 3.63) is 70.2 Å². The molecule has 0 aliphatic rings. The Balaban J connectivity index is 2.43. The van der Waals surface area contributed by atoms with Crippen LogP contribution in [0.2, 0.25) is 0 Å². The summed E-state index contributed by atoms with van der Waals surface area (Å²) in [5.74, 6) is 0. The molecule has 2 heteroatoms. The van der Waals surface area contributed by atoms with Crippen LogP contribution in [0.4, 0.5) is 4.39 Å². The lowest BCUT2D eigenvalue weighted by Crippen LogP contribution is -2.16. The first kappa shape index (κ1) is 11.3. The zero-order valence-electron chi connectivity index (χ0n) is 8.95. The van der Waals surface area contributed by atoms with Crippen LogP contribution in [-0.4, -0.2) is 0 Å². The zero-order chi connectivity index (χ0) is 11.6. The first-order chi connectivity index (χ1) is 7.60. The zero-order valence-corrected chi connectivity index (χ0v) is 10.5. The molecule has 0 heterocycles. The van der Waals surface area contributed by atoms with Crippen molar-refractivity contribution in [1.82, 2.24) is 0 Å². The Morgan fingerprint density at radius 1 is 0.875 bits per heavy atom. The summed E-state index contributed by atoms with van der Waals surface area (Å²) >= 11 is 3.35. The van der Waals surface area contributed by atoms with Crippen LogP contribution in [0, 0.1) is 0 Å². The molecule has 0 aliphatic carbocycles. The van der Waals surface area contributed by atoms with E-state index in [-0.39, 0.29) is 0 Å². The molecule has 0 fully saturated rings. The van der Waals surface area contributed by atoms with Crippen molar-refractivity contribution in [3.63, 3.8) is 0 Å². The molecule has 0 bridgehead atoms. The van der Waals surface area contributed by atoms with Gasteiger partial charge in [0.15, 0.2) is 5.67 Å². The lowest BCUT2D eigenvalue weighted by Gasteiger charge is -2.21. The van der Waals surface area contributed by atoms with Crippen LogP contribution >= 0.6 is 15.9 Å². The average molecular weight is 279 g/mol. The second-order valence-electron chi connectivity index (χ2n) is 3.88. The molecule has 2 aromatic rings. The van der Waals surface area contributed by atoms with Crippen LogP contribution in [0.5, 0.6) is 0 Å². The predicted octanol–water partition coefficient (Wildman–Crippen LogP) is 4.68. The molecule has 0 aliphatic heterocycles. The van der Waals surface area contributed by atoms with Gasteiger partial charge in [0.05, 0.1) is 0 Å². The van der Waals surface area contributed by atoms with E-state index in [4.69, 9.17) is 0 Å². The fourth-order valence-electron chi connectivity index (χ4n) is 1.68. The molecule has 82 valence electrons. The average Bonchev–Trinajstić information content (AvgIpc) is 2.31. The molecule has 0 spiro atoms. The summed E-state index contributed by atoms with van der Waals surface area (Å²) in [6, 6.07) is 16.5. The number of benzene rings is 2. The van der Waals surface area contributed by atoms with Gasteiger partial charge in [-0.1, -0.05) is 58.4 Å². The molecule has 2 aromatic carbocycles. The van der Waals surface area contributed by atoms with Gasteiger partial charge in [0.2, 0.25) is 0 Å². The fourth-order valence-corrected chi connectivity index (χ4v) is 1.95. The molecule has 0 amide bonds. The van der Waals surface area contributed by atoms with Gasteiger partial charge in [-0.25, -0.2) is 4.39 Å². The Morgan fingerprint density at radius 2 is 1.38 bits per heavy atom. The van der Waals surface area contributed by atoms with E-state index < -0.39 is 5.67 Å². The van der Waals surface area contributed by atoms with Gasteiger partial charge in [0, 0.05) is 4.47 Å². The SMILES string of the molecule is CC(F)(c1ccccc1)c1ccc(Br)cc1. The first-order valence-corrected chi connectivity index (χ1v) is 5.90. The minimum atomic E-state index is -1.44. The van der Waals surface area contributed by atoms with Gasteiger partial charge >= 0.3 is 0 Å². The quantitative estimate of drug-likeness (QED) is 0.748. The summed E-state index contributed by atoms with van der Waals surface area (Å²) < 4.78 is 15.6. The molecule has 0 saturated carbocycles. The molecule has 1 atom stereocenters. The van der Waals surface area contributed by atoms with Gasteiger partial charge in [-0.05, 0) is 30.2 Å². The molecule has 0 radical (unpaired) electrons. The normalized spacial score (nSPS) is 14.4. The Morgan fingerprint density at radius 3 is 1.94 bits per heavy atom. The summed E-state index contributed by atoms with van der Waals surface area (Å²) in [5.41, 5.74) is -0.0960. The van der Waals surface area contributed by atoms with Crippen LogP contribution in [0.1, 0.15) is 18.1 Å². The van der Waals surface area contributed by atoms with Crippen LogP contribution in [0.3, 0.4) is 0 Å². The highest BCUT2D eigenvalue weighted by Gasteiger charge is 2.27. The molecule has 0 aromatic heterocycles. The molecule has 2 rings (SSSR count). The maximum atomic E-state index is 14.7. The smallest absolute Gasteiger partial charge is 0.158 e. The minimum Gasteiger partial charge on any atom is -0.234 e. The third-order valence-corrected chi connectivity index (χ3v) is 3.23. The van der Waals surface area contributed by atoms with Gasteiger partial charge in [-0.3, -0.25) is 0 Å². The minimum absolute atomic E-state index is 0.668. The van der Waals surface area contributed by atoms with Gasteiger partial charge < -0.3 is 0 Å². The second-order valence-corrected chi connectivity index (χ2v) is 4.79. The molecule has 1 unspecified atom stereocenters. The molecule has 0 N–H and O–H groups in total. The van der Waals surface area contributed by atoms with E-state index >= 15 is 0 Å². The van der Waals surface area contributed by atoms with E-state index in [0.717, 1.165) is 4.47 Å². The number of hydrogen-bond acceptors (Lipinski definition) is 0. The van der Waals surface area contributed by atoms with Gasteiger partial charge in [0.25, 0.3) is 0 Å². The monoisotopic (exact) mass is 278 g/mol. The summed E-state index contributed by atoms with van der Waals surface area (Å²) in [4.78, 5) is 0. The summed E-state index contributed by atoms with van der Waals surface area (Å²) in [6.45, 7) is 1.59. The third kappa shape index (κ3) is 2.17. The largest absolute Gasteiger partial charge is 0.234 e. The molecule has 16 heavy (non-hydrogen) atoms. The molecule has 0 saturated heterocycles. The van der Waals surface area contributed by atoms with Crippen molar-refractivity contribution < 1.29 is 4.39 Å². The number of rotatable bonds is 2. The fraction of sp³-hybridized carbons (Fsp3) is 0.143. The van der Waals surface area contributed by atoms with Crippen molar-refractivity contribution in [2.75, 3.05) is 0 Å². The molecule has 0 nitrogen and oxygen atoms in total. The van der Waals surface area contributed by atoms with Crippen molar-refractivity contribution >= 4 is 15.9 Å². The van der Waals surface area contributed by atoms with E-state index in [0.29, 0.717) is 11.1 Å². The highest BCUT2D eigenvalue weighted by molar-refractivity contribution is 9.10. The maximum Gasteiger partial charge on any atom is 0.158 e. The maximum absolute atomic E-state index is 14.7. The standard InChI is InChI=1S/C14H12BrF/c1-14(16,11-5-3-2-4-6-11)12-7-9-13(15)10-8-12/h2-10H,1H3. The molecular formula is C14H12BrF. The Bertz CT molecular complexity index is 460. The van der Waals surface area contributed by atoms with Crippen molar-refractivity contribution in [2.24, 2.45) is 0 Å². The van der Waals surface area contributed by atoms with Crippen LogP contribution < -0.4 is 0 Å². The summed E-state index contributed by atoms with van der Waals surface area (Å²) in [5, 5.41) is 0. The van der Waals surface area contributed by atoms with Crippen LogP contribution in [0.15, 0.2) is 59.1 Å². The topological polar surface area (TPSA) is 0 Å². The van der Waals surface area contributed by atoms with Crippen molar-refractivity contribution in [1.29, 1.82) is 0 Å². The number of alkyl halides is 1. The van der Waals surface area contributed by atoms with Gasteiger partial charge in [-0.2, -0.15) is 0 Å². The number of halogens is 2. The van der Waals surface area contributed by atoms with E-state index in [1.807, 2.05) is 42.5 Å². The lowest BCUT2D eigenvalue weighted by molar-refractivity contribution is 0.251. The second kappa shape index (κ2) is 4.38. The lowest BCUT2D eigenvalue weighted by atomic mass is 9.90. The van der Waals surface area contributed by atoms with E-state index in [9.17, 15) is 4.39 Å². The Hall–Kier alpha value is -1.15. The van der Waals surface area contributed by atoms with Crippen LogP contribution in [0.25, 0.3) is 0 Å². The third-order valence-electron chi connectivity index (χ3n) is 2.70. The first-order valence-electron chi connectivity index (χ1n) is 5.11. The summed E-state index contributed by atoms with van der Waals surface area (Å²) in [6.07, 6.45) is 0. The van der Waals surface area contributed by atoms with Crippen LogP contribution in [-0.2, 0) is 5.67 Å². The highest BCUT2D eigenvalue weighted by atomic mass is 79.9. The van der Waals surface area contributed by atoms with E-state index in [2.05, 4.69) is 15.9 Å².